The molecule has 7 heteroatoms. The predicted octanol–water partition coefficient (Wildman–Crippen LogP) is 6.55. The maximum atomic E-state index is 12.3. The van der Waals surface area contributed by atoms with Crippen LogP contribution >= 0.6 is 0 Å². The SMILES string of the molecule is COc1cc2c(cc1OC)C(C)N(Cc1ccccc1)c1c-2c(OC(C)=O)cc2cc(OC)c(OC)cc12. The normalized spacial score (nSPS) is 13.9. The Hall–Kier alpha value is -4.39. The molecular weight excluding hydrogens is 482 g/mol. The zero-order valence-corrected chi connectivity index (χ0v) is 22.5. The van der Waals surface area contributed by atoms with E-state index in [-0.39, 0.29) is 6.04 Å². The number of nitrogens with zero attached hydrogens (tertiary/aromatic N) is 1. The van der Waals surface area contributed by atoms with Gasteiger partial charge >= 0.3 is 5.97 Å². The zero-order chi connectivity index (χ0) is 27.0. The van der Waals surface area contributed by atoms with Gasteiger partial charge in [-0.15, -0.1) is 0 Å². The molecule has 1 aliphatic heterocycles. The molecule has 0 spiro atoms. The number of fused-ring (bicyclic) bond motifs is 5. The number of hydrogen-bond acceptors (Lipinski definition) is 7. The summed E-state index contributed by atoms with van der Waals surface area (Å²) in [5, 5.41) is 1.82. The van der Waals surface area contributed by atoms with Crippen LogP contribution in [0.15, 0.2) is 60.7 Å². The fourth-order valence-electron chi connectivity index (χ4n) is 5.29. The highest BCUT2D eigenvalue weighted by atomic mass is 16.5. The number of benzene rings is 4. The molecule has 1 heterocycles. The van der Waals surface area contributed by atoms with E-state index in [2.05, 4.69) is 24.0 Å². The van der Waals surface area contributed by atoms with E-state index in [1.165, 1.54) is 6.92 Å². The van der Waals surface area contributed by atoms with Crippen molar-refractivity contribution < 1.29 is 28.5 Å². The van der Waals surface area contributed by atoms with Crippen LogP contribution in [0.1, 0.15) is 31.0 Å². The van der Waals surface area contributed by atoms with Crippen molar-refractivity contribution in [1.82, 2.24) is 0 Å². The van der Waals surface area contributed by atoms with Gasteiger partial charge in [0, 0.05) is 24.4 Å². The monoisotopic (exact) mass is 513 g/mol. The quantitative estimate of drug-likeness (QED) is 0.205. The molecule has 5 rings (SSSR count). The smallest absolute Gasteiger partial charge is 0.308 e. The lowest BCUT2D eigenvalue weighted by molar-refractivity contribution is -0.131. The summed E-state index contributed by atoms with van der Waals surface area (Å²) in [5.74, 6) is 2.52. The van der Waals surface area contributed by atoms with Gasteiger partial charge in [-0.25, -0.2) is 0 Å². The summed E-state index contributed by atoms with van der Waals surface area (Å²) >= 11 is 0. The topological polar surface area (TPSA) is 66.5 Å². The first-order valence-electron chi connectivity index (χ1n) is 12.4. The molecule has 1 unspecified atom stereocenters. The summed E-state index contributed by atoms with van der Waals surface area (Å²) in [7, 11) is 6.48. The highest BCUT2D eigenvalue weighted by molar-refractivity contribution is 6.08. The summed E-state index contributed by atoms with van der Waals surface area (Å²) in [6, 6.07) is 20.0. The molecule has 4 aromatic rings. The average molecular weight is 514 g/mol. The molecule has 0 amide bonds. The van der Waals surface area contributed by atoms with E-state index in [4.69, 9.17) is 23.7 Å². The van der Waals surface area contributed by atoms with Crippen LogP contribution in [0, 0.1) is 0 Å². The number of hydrogen-bond donors (Lipinski definition) is 0. The summed E-state index contributed by atoms with van der Waals surface area (Å²) in [5.41, 5.74) is 4.86. The maximum absolute atomic E-state index is 12.3. The Labute approximate surface area is 222 Å². The molecule has 0 N–H and O–H groups in total. The standard InChI is InChI=1S/C31H31NO6/c1-18-22-14-26(35-4)28(37-6)16-24(22)30-29(38-19(2)33)13-21-12-25(34-3)27(36-5)15-23(21)31(30)32(18)17-20-10-8-7-9-11-20/h7-16,18H,17H2,1-6H3. The van der Waals surface area contributed by atoms with Gasteiger partial charge in [-0.1, -0.05) is 30.3 Å². The van der Waals surface area contributed by atoms with Crippen LogP contribution < -0.4 is 28.6 Å². The lowest BCUT2D eigenvalue weighted by Gasteiger charge is -2.40. The molecule has 0 fully saturated rings. The molecule has 7 nitrogen and oxygen atoms in total. The van der Waals surface area contributed by atoms with Crippen LogP contribution in [-0.4, -0.2) is 34.4 Å². The van der Waals surface area contributed by atoms with E-state index in [0.29, 0.717) is 35.3 Å². The largest absolute Gasteiger partial charge is 0.493 e. The van der Waals surface area contributed by atoms with E-state index in [1.807, 2.05) is 48.5 Å². The van der Waals surface area contributed by atoms with Crippen LogP contribution in [0.25, 0.3) is 21.9 Å². The number of anilines is 1. The molecule has 196 valence electrons. The number of rotatable bonds is 7. The highest BCUT2D eigenvalue weighted by Gasteiger charge is 2.34. The Morgan fingerprint density at radius 1 is 0.789 bits per heavy atom. The third kappa shape index (κ3) is 4.24. The number of carbonyl (C=O) groups is 1. The van der Waals surface area contributed by atoms with Crippen molar-refractivity contribution >= 4 is 22.4 Å². The van der Waals surface area contributed by atoms with Gasteiger partial charge in [0.25, 0.3) is 0 Å². The lowest BCUT2D eigenvalue weighted by atomic mass is 9.85. The zero-order valence-electron chi connectivity index (χ0n) is 22.5. The number of methoxy groups -OCH3 is 4. The van der Waals surface area contributed by atoms with Gasteiger partial charge in [-0.2, -0.15) is 0 Å². The summed E-state index contributed by atoms with van der Waals surface area (Å²) in [6.45, 7) is 4.21. The number of ether oxygens (including phenoxy) is 5. The van der Waals surface area contributed by atoms with E-state index in [1.54, 1.807) is 28.4 Å². The Kier molecular flexibility index (Phi) is 6.76. The molecule has 0 aromatic heterocycles. The third-order valence-electron chi connectivity index (χ3n) is 7.06. The maximum Gasteiger partial charge on any atom is 0.308 e. The fraction of sp³-hybridized carbons (Fsp3) is 0.258. The second-order valence-corrected chi connectivity index (χ2v) is 9.20. The Morgan fingerprint density at radius 2 is 1.37 bits per heavy atom. The molecule has 1 aliphatic rings. The van der Waals surface area contributed by atoms with Gasteiger partial charge in [0.1, 0.15) is 5.75 Å². The Bertz CT molecular complexity index is 1510. The Morgan fingerprint density at radius 3 is 2.00 bits per heavy atom. The summed E-state index contributed by atoms with van der Waals surface area (Å²) in [4.78, 5) is 14.6. The second-order valence-electron chi connectivity index (χ2n) is 9.20. The average Bonchev–Trinajstić information content (AvgIpc) is 2.93. The lowest BCUT2D eigenvalue weighted by Crippen LogP contribution is -2.30. The van der Waals surface area contributed by atoms with Gasteiger partial charge in [-0.05, 0) is 59.3 Å². The van der Waals surface area contributed by atoms with Crippen LogP contribution in [0.4, 0.5) is 5.69 Å². The molecule has 38 heavy (non-hydrogen) atoms. The molecule has 0 saturated carbocycles. The van der Waals surface area contributed by atoms with Crippen LogP contribution in [0.3, 0.4) is 0 Å². The van der Waals surface area contributed by atoms with E-state index < -0.39 is 5.97 Å². The van der Waals surface area contributed by atoms with Crippen molar-refractivity contribution in [2.24, 2.45) is 0 Å². The van der Waals surface area contributed by atoms with E-state index >= 15 is 0 Å². The summed E-state index contributed by atoms with van der Waals surface area (Å²) in [6.07, 6.45) is 0. The molecule has 0 aliphatic carbocycles. The minimum absolute atomic E-state index is 0.0404. The highest BCUT2D eigenvalue weighted by Crippen LogP contribution is 2.55. The Balaban J connectivity index is 1.91. The molecule has 0 bridgehead atoms. The van der Waals surface area contributed by atoms with Crippen molar-refractivity contribution in [3.8, 4) is 39.9 Å². The van der Waals surface area contributed by atoms with Crippen molar-refractivity contribution in [2.75, 3.05) is 33.3 Å². The molecular formula is C31H31NO6. The van der Waals surface area contributed by atoms with Gasteiger partial charge in [0.15, 0.2) is 23.0 Å². The first kappa shape index (κ1) is 25.3. The molecule has 0 saturated heterocycles. The van der Waals surface area contributed by atoms with Crippen LogP contribution in [-0.2, 0) is 11.3 Å². The molecule has 1 atom stereocenters. The van der Waals surface area contributed by atoms with Gasteiger partial charge < -0.3 is 28.6 Å². The minimum Gasteiger partial charge on any atom is -0.493 e. The molecule has 4 aromatic carbocycles. The van der Waals surface area contributed by atoms with Gasteiger partial charge in [0.05, 0.1) is 40.2 Å². The first-order chi connectivity index (χ1) is 18.4. The van der Waals surface area contributed by atoms with E-state index in [9.17, 15) is 4.79 Å². The van der Waals surface area contributed by atoms with Crippen molar-refractivity contribution in [2.45, 2.75) is 26.4 Å². The summed E-state index contributed by atoms with van der Waals surface area (Å²) < 4.78 is 28.5. The van der Waals surface area contributed by atoms with Gasteiger partial charge in [0.2, 0.25) is 0 Å². The van der Waals surface area contributed by atoms with Crippen LogP contribution in [0.5, 0.6) is 28.7 Å². The van der Waals surface area contributed by atoms with Crippen LogP contribution in [0.2, 0.25) is 0 Å². The van der Waals surface area contributed by atoms with Gasteiger partial charge in [-0.3, -0.25) is 4.79 Å². The molecule has 0 radical (unpaired) electrons. The third-order valence-corrected chi connectivity index (χ3v) is 7.06. The predicted molar refractivity (Wildman–Crippen MR) is 148 cm³/mol. The number of carbonyl (C=O) groups excluding carboxylic acids is 1. The minimum atomic E-state index is -0.401. The van der Waals surface area contributed by atoms with E-state index in [0.717, 1.165) is 38.7 Å². The van der Waals surface area contributed by atoms with Crippen molar-refractivity contribution in [3.05, 3.63) is 71.8 Å². The van der Waals surface area contributed by atoms with Crippen molar-refractivity contribution in [1.29, 1.82) is 0 Å². The number of esters is 1. The van der Waals surface area contributed by atoms with Crippen molar-refractivity contribution in [3.63, 3.8) is 0 Å². The second kappa shape index (κ2) is 10.2. The first-order valence-corrected chi connectivity index (χ1v) is 12.4. The fourth-order valence-corrected chi connectivity index (χ4v) is 5.29.